The number of hydrogen-bond acceptors (Lipinski definition) is 4. The highest BCUT2D eigenvalue weighted by atomic mass is 32.2. The second-order valence-corrected chi connectivity index (χ2v) is 6.74. The second kappa shape index (κ2) is 5.06. The lowest BCUT2D eigenvalue weighted by Gasteiger charge is -2.23. The van der Waals surface area contributed by atoms with Crippen molar-refractivity contribution in [2.75, 3.05) is 11.5 Å². The van der Waals surface area contributed by atoms with Gasteiger partial charge in [0, 0.05) is 18.2 Å². The van der Waals surface area contributed by atoms with Crippen LogP contribution in [0, 0.1) is 0 Å². The van der Waals surface area contributed by atoms with Gasteiger partial charge in [0.05, 0.1) is 11.5 Å². The number of sulfone groups is 1. The SMILES string of the molecule is O=S1(=O)CCC(NCc2ccccc2O)CC1. The zero-order valence-electron chi connectivity index (χ0n) is 9.59. The largest absolute Gasteiger partial charge is 0.508 e. The minimum atomic E-state index is -2.80. The van der Waals surface area contributed by atoms with E-state index in [1.807, 2.05) is 12.1 Å². The first-order chi connectivity index (χ1) is 8.07. The van der Waals surface area contributed by atoms with E-state index < -0.39 is 9.84 Å². The molecule has 1 aliphatic rings. The number of hydrogen-bond donors (Lipinski definition) is 2. The van der Waals surface area contributed by atoms with Crippen LogP contribution in [-0.2, 0) is 16.4 Å². The van der Waals surface area contributed by atoms with E-state index in [1.165, 1.54) is 0 Å². The number of phenols is 1. The lowest BCUT2D eigenvalue weighted by atomic mass is 10.1. The third kappa shape index (κ3) is 3.44. The Labute approximate surface area is 102 Å². The summed E-state index contributed by atoms with van der Waals surface area (Å²) in [5.41, 5.74) is 0.848. The highest BCUT2D eigenvalue weighted by Gasteiger charge is 2.23. The van der Waals surface area contributed by atoms with Crippen LogP contribution in [-0.4, -0.2) is 31.1 Å². The van der Waals surface area contributed by atoms with Crippen LogP contribution in [0.4, 0.5) is 0 Å². The van der Waals surface area contributed by atoms with Crippen LogP contribution >= 0.6 is 0 Å². The van der Waals surface area contributed by atoms with E-state index in [2.05, 4.69) is 5.32 Å². The molecule has 1 fully saturated rings. The van der Waals surface area contributed by atoms with Crippen molar-refractivity contribution in [1.82, 2.24) is 5.32 Å². The predicted molar refractivity (Wildman–Crippen MR) is 66.6 cm³/mol. The van der Waals surface area contributed by atoms with Crippen LogP contribution in [0.25, 0.3) is 0 Å². The number of rotatable bonds is 3. The summed E-state index contributed by atoms with van der Waals surface area (Å²) in [6.45, 7) is 0.581. The summed E-state index contributed by atoms with van der Waals surface area (Å²) >= 11 is 0. The predicted octanol–water partition coefficient (Wildman–Crippen LogP) is 1.06. The minimum Gasteiger partial charge on any atom is -0.508 e. The topological polar surface area (TPSA) is 66.4 Å². The molecule has 0 saturated carbocycles. The van der Waals surface area contributed by atoms with Crippen LogP contribution < -0.4 is 5.32 Å². The molecule has 17 heavy (non-hydrogen) atoms. The molecular formula is C12H17NO3S. The number of para-hydroxylation sites is 1. The van der Waals surface area contributed by atoms with Crippen LogP contribution in [0.1, 0.15) is 18.4 Å². The number of benzene rings is 1. The van der Waals surface area contributed by atoms with Crippen molar-refractivity contribution in [3.05, 3.63) is 29.8 Å². The van der Waals surface area contributed by atoms with Gasteiger partial charge in [0.25, 0.3) is 0 Å². The van der Waals surface area contributed by atoms with Crippen LogP contribution in [0.5, 0.6) is 5.75 Å². The molecule has 0 atom stereocenters. The van der Waals surface area contributed by atoms with Crippen molar-refractivity contribution in [3.8, 4) is 5.75 Å². The summed E-state index contributed by atoms with van der Waals surface area (Å²) in [7, 11) is -2.80. The van der Waals surface area contributed by atoms with Crippen molar-refractivity contribution in [2.24, 2.45) is 0 Å². The van der Waals surface area contributed by atoms with Gasteiger partial charge >= 0.3 is 0 Å². The molecule has 0 aromatic heterocycles. The summed E-state index contributed by atoms with van der Waals surface area (Å²) in [5.74, 6) is 0.820. The maximum absolute atomic E-state index is 11.3. The standard InChI is InChI=1S/C12H17NO3S/c14-12-4-2-1-3-10(12)9-13-11-5-7-17(15,16)8-6-11/h1-4,11,13-14H,5-9H2. The van der Waals surface area contributed by atoms with Crippen LogP contribution in [0.3, 0.4) is 0 Å². The molecule has 5 heteroatoms. The normalized spacial score (nSPS) is 20.2. The second-order valence-electron chi connectivity index (χ2n) is 4.44. The Balaban J connectivity index is 1.86. The van der Waals surface area contributed by atoms with Crippen molar-refractivity contribution in [3.63, 3.8) is 0 Å². The summed E-state index contributed by atoms with van der Waals surface area (Å²) in [6.07, 6.45) is 1.33. The molecule has 1 saturated heterocycles. The minimum absolute atomic E-state index is 0.234. The molecule has 1 aromatic rings. The Morgan fingerprint density at radius 1 is 1.24 bits per heavy atom. The summed E-state index contributed by atoms with van der Waals surface area (Å²) in [6, 6.07) is 7.41. The Morgan fingerprint density at radius 3 is 2.53 bits per heavy atom. The smallest absolute Gasteiger partial charge is 0.150 e. The maximum atomic E-state index is 11.3. The molecule has 0 bridgehead atoms. The van der Waals surface area contributed by atoms with E-state index in [0.717, 1.165) is 5.56 Å². The number of aromatic hydroxyl groups is 1. The molecule has 1 aliphatic heterocycles. The summed E-state index contributed by atoms with van der Waals surface area (Å²) in [5, 5.41) is 12.9. The van der Waals surface area contributed by atoms with Gasteiger partial charge in [-0.3, -0.25) is 0 Å². The average Bonchev–Trinajstić information content (AvgIpc) is 2.30. The highest BCUT2D eigenvalue weighted by Crippen LogP contribution is 2.17. The van der Waals surface area contributed by atoms with Gasteiger partial charge < -0.3 is 10.4 Å². The molecule has 0 spiro atoms. The van der Waals surface area contributed by atoms with Crippen LogP contribution in [0.2, 0.25) is 0 Å². The van der Waals surface area contributed by atoms with Crippen LogP contribution in [0.15, 0.2) is 24.3 Å². The third-order valence-corrected chi connectivity index (χ3v) is 4.84. The van der Waals surface area contributed by atoms with Gasteiger partial charge in [0.2, 0.25) is 0 Å². The van der Waals surface area contributed by atoms with Gasteiger partial charge in [-0.05, 0) is 18.9 Å². The van der Waals surface area contributed by atoms with E-state index in [9.17, 15) is 13.5 Å². The molecule has 1 heterocycles. The van der Waals surface area contributed by atoms with E-state index in [4.69, 9.17) is 0 Å². The van der Waals surface area contributed by atoms with Gasteiger partial charge in [-0.25, -0.2) is 8.42 Å². The molecular weight excluding hydrogens is 238 g/mol. The monoisotopic (exact) mass is 255 g/mol. The molecule has 94 valence electrons. The van der Waals surface area contributed by atoms with Gasteiger partial charge in [0.15, 0.2) is 0 Å². The van der Waals surface area contributed by atoms with Crippen molar-refractivity contribution >= 4 is 9.84 Å². The van der Waals surface area contributed by atoms with E-state index in [1.54, 1.807) is 12.1 Å². The highest BCUT2D eigenvalue weighted by molar-refractivity contribution is 7.91. The van der Waals surface area contributed by atoms with Gasteiger partial charge in [-0.15, -0.1) is 0 Å². The van der Waals surface area contributed by atoms with Crippen molar-refractivity contribution < 1.29 is 13.5 Å². The summed E-state index contributed by atoms with van der Waals surface area (Å²) in [4.78, 5) is 0. The Kier molecular flexibility index (Phi) is 3.69. The fourth-order valence-corrected chi connectivity index (χ4v) is 3.50. The van der Waals surface area contributed by atoms with Gasteiger partial charge in [-0.2, -0.15) is 0 Å². The van der Waals surface area contributed by atoms with Crippen molar-refractivity contribution in [2.45, 2.75) is 25.4 Å². The zero-order valence-corrected chi connectivity index (χ0v) is 10.4. The van der Waals surface area contributed by atoms with Crippen molar-refractivity contribution in [1.29, 1.82) is 0 Å². The first-order valence-corrected chi connectivity index (χ1v) is 7.60. The van der Waals surface area contributed by atoms with Gasteiger partial charge in [-0.1, -0.05) is 18.2 Å². The van der Waals surface area contributed by atoms with E-state index >= 15 is 0 Å². The van der Waals surface area contributed by atoms with E-state index in [0.29, 0.717) is 19.4 Å². The molecule has 0 aliphatic carbocycles. The Bertz CT molecular complexity index is 470. The summed E-state index contributed by atoms with van der Waals surface area (Å²) < 4.78 is 22.5. The van der Waals surface area contributed by atoms with Gasteiger partial charge in [0.1, 0.15) is 15.6 Å². The van der Waals surface area contributed by atoms with E-state index in [-0.39, 0.29) is 23.3 Å². The molecule has 4 nitrogen and oxygen atoms in total. The first-order valence-electron chi connectivity index (χ1n) is 5.77. The lowest BCUT2D eigenvalue weighted by molar-refractivity contribution is 0.440. The third-order valence-electron chi connectivity index (χ3n) is 3.13. The Morgan fingerprint density at radius 2 is 1.88 bits per heavy atom. The number of phenolic OH excluding ortho intramolecular Hbond substituents is 1. The lowest BCUT2D eigenvalue weighted by Crippen LogP contribution is -2.37. The molecule has 2 rings (SSSR count). The number of nitrogens with one attached hydrogen (secondary N) is 1. The fraction of sp³-hybridized carbons (Fsp3) is 0.500. The zero-order chi connectivity index (χ0) is 12.3. The molecule has 0 unspecified atom stereocenters. The molecule has 0 amide bonds. The molecule has 2 N–H and O–H groups in total. The average molecular weight is 255 g/mol. The molecule has 1 aromatic carbocycles. The maximum Gasteiger partial charge on any atom is 0.150 e. The molecule has 0 radical (unpaired) electrons. The fourth-order valence-electron chi connectivity index (χ4n) is 2.01. The Hall–Kier alpha value is -1.07. The first kappa shape index (κ1) is 12.4. The quantitative estimate of drug-likeness (QED) is 0.847.